The summed E-state index contributed by atoms with van der Waals surface area (Å²) >= 11 is 0. The number of nitrogens with zero attached hydrogens (tertiary/aromatic N) is 2. The van der Waals surface area contributed by atoms with Gasteiger partial charge in [-0.1, -0.05) is 24.3 Å². The van der Waals surface area contributed by atoms with Gasteiger partial charge < -0.3 is 14.9 Å². The van der Waals surface area contributed by atoms with Gasteiger partial charge >= 0.3 is 0 Å². The fraction of sp³-hybridized carbons (Fsp3) is 0.440. The minimum Gasteiger partial charge on any atom is -0.508 e. The molecule has 0 aliphatic carbocycles. The molecule has 3 rings (SSSR count). The van der Waals surface area contributed by atoms with E-state index in [4.69, 9.17) is 0 Å². The minimum absolute atomic E-state index is 0.00574. The quantitative estimate of drug-likeness (QED) is 0.520. The molecule has 2 atom stereocenters. The van der Waals surface area contributed by atoms with E-state index in [1.165, 1.54) is 12.1 Å². The zero-order valence-corrected chi connectivity index (χ0v) is 18.1. The number of aromatic hydroxyl groups is 1. The summed E-state index contributed by atoms with van der Waals surface area (Å²) in [4.78, 5) is 17.9. The number of rotatable bonds is 8. The van der Waals surface area contributed by atoms with Crippen molar-refractivity contribution >= 4 is 5.78 Å². The van der Waals surface area contributed by atoms with Crippen LogP contribution >= 0.6 is 0 Å². The van der Waals surface area contributed by atoms with E-state index < -0.39 is 0 Å². The van der Waals surface area contributed by atoms with E-state index in [2.05, 4.69) is 30.3 Å². The van der Waals surface area contributed by atoms with Crippen LogP contribution in [-0.2, 0) is 0 Å². The number of benzene rings is 2. The lowest BCUT2D eigenvalue weighted by molar-refractivity contribution is 0.0826. The number of phenolic OH excluding ortho intramolecular Hbond substituents is 1. The van der Waals surface area contributed by atoms with Crippen LogP contribution in [-0.4, -0.2) is 61.0 Å². The Kier molecular flexibility index (Phi) is 7.62. The van der Waals surface area contributed by atoms with Crippen LogP contribution in [0.5, 0.6) is 5.75 Å². The van der Waals surface area contributed by atoms with E-state index in [9.17, 15) is 14.3 Å². The summed E-state index contributed by atoms with van der Waals surface area (Å²) in [6, 6.07) is 11.6. The number of hydrogen-bond donors (Lipinski definition) is 1. The Bertz CT molecular complexity index is 868. The molecule has 1 saturated heterocycles. The van der Waals surface area contributed by atoms with Crippen molar-refractivity contribution in [1.82, 2.24) is 9.80 Å². The van der Waals surface area contributed by atoms with Crippen LogP contribution in [0.2, 0.25) is 0 Å². The number of carbonyl (C=O) groups is 1. The summed E-state index contributed by atoms with van der Waals surface area (Å²) in [6.07, 6.45) is 4.34. The molecule has 2 aromatic rings. The van der Waals surface area contributed by atoms with E-state index in [0.717, 1.165) is 38.0 Å². The third-order valence-electron chi connectivity index (χ3n) is 5.97. The zero-order chi connectivity index (χ0) is 21.7. The average molecular weight is 412 g/mol. The van der Waals surface area contributed by atoms with Gasteiger partial charge in [-0.15, -0.1) is 0 Å². The summed E-state index contributed by atoms with van der Waals surface area (Å²) in [5.41, 5.74) is 1.98. The number of phenols is 1. The van der Waals surface area contributed by atoms with Crippen LogP contribution in [0.15, 0.2) is 42.5 Å². The number of ketones is 1. The van der Waals surface area contributed by atoms with Crippen LogP contribution in [0.25, 0.3) is 0 Å². The third kappa shape index (κ3) is 5.46. The zero-order valence-electron chi connectivity index (χ0n) is 18.1. The van der Waals surface area contributed by atoms with E-state index in [1.54, 1.807) is 31.2 Å². The molecule has 1 N–H and O–H groups in total. The number of piperidine rings is 1. The van der Waals surface area contributed by atoms with Gasteiger partial charge in [-0.2, -0.15) is 0 Å². The fourth-order valence-corrected chi connectivity index (χ4v) is 4.29. The Hall–Kier alpha value is -2.24. The smallest absolute Gasteiger partial charge is 0.167 e. The monoisotopic (exact) mass is 411 g/mol. The standard InChI is InChI=1S/C25H32FN2O2/c1-18-21(10-7-11-24(18)26)22-12-15-28(14-5-4-13-27(2)3)17-23(22)25(30)19-8-6-9-20(29)16-19/h6-12,16,22-23,29H,4-5,13-15,17H2,1-3H3. The Morgan fingerprint density at radius 1 is 1.20 bits per heavy atom. The van der Waals surface area contributed by atoms with Crippen molar-refractivity contribution in [2.75, 3.05) is 40.3 Å². The maximum Gasteiger partial charge on any atom is 0.167 e. The SMILES string of the molecule is Cc1c(F)cccc1C1[CH]CN(CCCCN(C)C)CC1C(=O)c1cccc(O)c1. The molecule has 2 aromatic carbocycles. The molecule has 0 amide bonds. The molecule has 30 heavy (non-hydrogen) atoms. The van der Waals surface area contributed by atoms with Crippen molar-refractivity contribution in [2.24, 2.45) is 5.92 Å². The van der Waals surface area contributed by atoms with E-state index in [1.807, 2.05) is 6.07 Å². The van der Waals surface area contributed by atoms with Crippen LogP contribution in [0.1, 0.15) is 40.2 Å². The predicted molar refractivity (Wildman–Crippen MR) is 118 cm³/mol. The number of Topliss-reactive ketones (excluding diaryl/α,β-unsaturated/α-hetero) is 1. The van der Waals surface area contributed by atoms with Gasteiger partial charge in [0.05, 0.1) is 0 Å². The van der Waals surface area contributed by atoms with Crippen LogP contribution in [0.4, 0.5) is 4.39 Å². The average Bonchev–Trinajstić information content (AvgIpc) is 2.72. The largest absolute Gasteiger partial charge is 0.508 e. The highest BCUT2D eigenvalue weighted by molar-refractivity contribution is 5.99. The Morgan fingerprint density at radius 2 is 1.97 bits per heavy atom. The second-order valence-electron chi connectivity index (χ2n) is 8.51. The molecule has 5 heteroatoms. The van der Waals surface area contributed by atoms with Crippen LogP contribution in [0.3, 0.4) is 0 Å². The van der Waals surface area contributed by atoms with Gasteiger partial charge in [0.25, 0.3) is 0 Å². The van der Waals surface area contributed by atoms with Gasteiger partial charge in [-0.3, -0.25) is 4.79 Å². The molecule has 1 aliphatic heterocycles. The van der Waals surface area contributed by atoms with E-state index >= 15 is 0 Å². The van der Waals surface area contributed by atoms with Crippen LogP contribution < -0.4 is 0 Å². The first-order valence-electron chi connectivity index (χ1n) is 10.7. The normalized spacial score (nSPS) is 19.9. The minimum atomic E-state index is -0.310. The molecule has 1 heterocycles. The van der Waals surface area contributed by atoms with Crippen molar-refractivity contribution < 1.29 is 14.3 Å². The first-order valence-corrected chi connectivity index (χ1v) is 10.7. The Labute approximate surface area is 179 Å². The molecular formula is C25H32FN2O2. The lowest BCUT2D eigenvalue weighted by Gasteiger charge is -2.38. The predicted octanol–water partition coefficient (Wildman–Crippen LogP) is 4.28. The highest BCUT2D eigenvalue weighted by Gasteiger charge is 2.36. The fourth-order valence-electron chi connectivity index (χ4n) is 4.29. The molecule has 1 fully saturated rings. The number of hydrogen-bond acceptors (Lipinski definition) is 4. The van der Waals surface area contributed by atoms with Gasteiger partial charge in [0.2, 0.25) is 0 Å². The van der Waals surface area contributed by atoms with Gasteiger partial charge in [-0.05, 0) is 88.6 Å². The number of halogens is 1. The molecule has 0 spiro atoms. The molecule has 161 valence electrons. The Morgan fingerprint density at radius 3 is 2.70 bits per heavy atom. The topological polar surface area (TPSA) is 43.8 Å². The molecule has 0 bridgehead atoms. The highest BCUT2D eigenvalue weighted by Crippen LogP contribution is 2.37. The van der Waals surface area contributed by atoms with E-state index in [-0.39, 0.29) is 29.2 Å². The Balaban J connectivity index is 1.82. The van der Waals surface area contributed by atoms with Crippen molar-refractivity contribution in [2.45, 2.75) is 25.7 Å². The number of unbranched alkanes of at least 4 members (excludes halogenated alkanes) is 1. The molecule has 0 saturated carbocycles. The highest BCUT2D eigenvalue weighted by atomic mass is 19.1. The first-order chi connectivity index (χ1) is 14.4. The lowest BCUT2D eigenvalue weighted by Crippen LogP contribution is -2.44. The number of carbonyl (C=O) groups excluding carboxylic acids is 1. The third-order valence-corrected chi connectivity index (χ3v) is 5.97. The van der Waals surface area contributed by atoms with Gasteiger partial charge in [-0.25, -0.2) is 4.39 Å². The molecule has 2 unspecified atom stereocenters. The molecule has 1 radical (unpaired) electrons. The number of likely N-dealkylation sites (tertiary alicyclic amines) is 1. The van der Waals surface area contributed by atoms with Crippen LogP contribution in [0, 0.1) is 25.1 Å². The van der Waals surface area contributed by atoms with Crippen molar-refractivity contribution in [3.8, 4) is 5.75 Å². The van der Waals surface area contributed by atoms with Gasteiger partial charge in [0.1, 0.15) is 11.6 Å². The molecule has 0 aromatic heterocycles. The van der Waals surface area contributed by atoms with Crippen molar-refractivity contribution in [1.29, 1.82) is 0 Å². The summed E-state index contributed by atoms with van der Waals surface area (Å²) in [7, 11) is 4.15. The second-order valence-corrected chi connectivity index (χ2v) is 8.51. The molecule has 1 aliphatic rings. The van der Waals surface area contributed by atoms with Gasteiger partial charge in [0.15, 0.2) is 5.78 Å². The van der Waals surface area contributed by atoms with E-state index in [0.29, 0.717) is 17.7 Å². The first kappa shape index (κ1) is 22.4. The molecule has 4 nitrogen and oxygen atoms in total. The maximum atomic E-state index is 14.2. The second kappa shape index (κ2) is 10.2. The maximum absolute atomic E-state index is 14.2. The summed E-state index contributed by atoms with van der Waals surface area (Å²) < 4.78 is 14.2. The van der Waals surface area contributed by atoms with Gasteiger partial charge in [0, 0.05) is 24.6 Å². The molecular weight excluding hydrogens is 379 g/mol. The summed E-state index contributed by atoms with van der Waals surface area (Å²) in [5.74, 6) is -0.618. The summed E-state index contributed by atoms with van der Waals surface area (Å²) in [6.45, 7) is 5.18. The summed E-state index contributed by atoms with van der Waals surface area (Å²) in [5, 5.41) is 9.84. The van der Waals surface area contributed by atoms with Crippen molar-refractivity contribution in [3.05, 3.63) is 71.4 Å². The van der Waals surface area contributed by atoms with Crippen molar-refractivity contribution in [3.63, 3.8) is 0 Å². The lowest BCUT2D eigenvalue weighted by atomic mass is 9.75.